The maximum Gasteiger partial charge on any atom is 0.266 e. The van der Waals surface area contributed by atoms with E-state index in [9.17, 15) is 14.0 Å². The number of halogens is 1. The number of ether oxygens (including phenoxy) is 1. The Bertz CT molecular complexity index is 1340. The van der Waals surface area contributed by atoms with Crippen molar-refractivity contribution in [3.05, 3.63) is 89.0 Å². The molecule has 1 amide bonds. The van der Waals surface area contributed by atoms with Gasteiger partial charge in [0, 0.05) is 0 Å². The van der Waals surface area contributed by atoms with E-state index in [1.54, 1.807) is 54.6 Å². The van der Waals surface area contributed by atoms with Gasteiger partial charge in [0.1, 0.15) is 11.6 Å². The topological polar surface area (TPSA) is 73.2 Å². The highest BCUT2D eigenvalue weighted by Gasteiger charge is 2.17. The zero-order valence-corrected chi connectivity index (χ0v) is 18.1. The highest BCUT2D eigenvalue weighted by molar-refractivity contribution is 7.99. The minimum atomic E-state index is -0.552. The van der Waals surface area contributed by atoms with Gasteiger partial charge in [0.25, 0.3) is 5.56 Å². The second-order valence-electron chi connectivity index (χ2n) is 6.77. The number of anilines is 1. The lowest BCUT2D eigenvalue weighted by molar-refractivity contribution is -0.113. The van der Waals surface area contributed by atoms with Crippen LogP contribution in [-0.4, -0.2) is 27.8 Å². The van der Waals surface area contributed by atoms with Crippen LogP contribution in [-0.2, 0) is 4.79 Å². The Hall–Kier alpha value is -3.65. The largest absolute Gasteiger partial charge is 0.492 e. The summed E-state index contributed by atoms with van der Waals surface area (Å²) in [6.07, 6.45) is 0. The Balaban J connectivity index is 1.66. The molecule has 0 aliphatic heterocycles. The predicted molar refractivity (Wildman–Crippen MR) is 124 cm³/mol. The lowest BCUT2D eigenvalue weighted by Crippen LogP contribution is -2.23. The molecule has 8 heteroatoms. The minimum Gasteiger partial charge on any atom is -0.492 e. The maximum absolute atomic E-state index is 14.5. The third-order valence-electron chi connectivity index (χ3n) is 4.63. The first kappa shape index (κ1) is 21.6. The third-order valence-corrected chi connectivity index (χ3v) is 5.57. The summed E-state index contributed by atoms with van der Waals surface area (Å²) in [4.78, 5) is 30.3. The molecular formula is C24H20FN3O3S. The number of para-hydroxylation sites is 4. The number of rotatable bonds is 7. The van der Waals surface area contributed by atoms with Crippen LogP contribution in [0.1, 0.15) is 6.92 Å². The molecule has 0 bridgehead atoms. The van der Waals surface area contributed by atoms with Gasteiger partial charge >= 0.3 is 0 Å². The van der Waals surface area contributed by atoms with Crippen LogP contribution in [0.3, 0.4) is 0 Å². The predicted octanol–water partition coefficient (Wildman–Crippen LogP) is 4.65. The van der Waals surface area contributed by atoms with E-state index in [0.717, 1.165) is 11.8 Å². The van der Waals surface area contributed by atoms with Gasteiger partial charge in [0.05, 0.1) is 34.6 Å². The average Bonchev–Trinajstić information content (AvgIpc) is 2.80. The molecule has 0 unspecified atom stereocenters. The number of carbonyl (C=O) groups is 1. The number of hydrogen-bond donors (Lipinski definition) is 1. The van der Waals surface area contributed by atoms with Crippen molar-refractivity contribution in [1.82, 2.24) is 9.55 Å². The van der Waals surface area contributed by atoms with Gasteiger partial charge in [-0.2, -0.15) is 0 Å². The molecule has 0 fully saturated rings. The number of amides is 1. The highest BCUT2D eigenvalue weighted by Crippen LogP contribution is 2.26. The van der Waals surface area contributed by atoms with E-state index in [4.69, 9.17) is 4.74 Å². The van der Waals surface area contributed by atoms with Crippen LogP contribution in [0.2, 0.25) is 0 Å². The number of carbonyl (C=O) groups excluding carboxylic acids is 1. The van der Waals surface area contributed by atoms with Crippen molar-refractivity contribution in [2.75, 3.05) is 17.7 Å². The fourth-order valence-corrected chi connectivity index (χ4v) is 4.03. The molecule has 0 atom stereocenters. The standard InChI is InChI=1S/C24H20FN3O3S/c1-2-31-21-14-8-6-12-19(21)26-22(29)15-32-24-27-18-11-5-3-9-16(18)23(30)28(24)20-13-7-4-10-17(20)25/h3-14H,2,15H2,1H3,(H,26,29). The summed E-state index contributed by atoms with van der Waals surface area (Å²) >= 11 is 1.06. The quantitative estimate of drug-likeness (QED) is 0.328. The number of nitrogens with one attached hydrogen (secondary N) is 1. The average molecular weight is 450 g/mol. The van der Waals surface area contributed by atoms with Crippen molar-refractivity contribution in [2.45, 2.75) is 12.1 Å². The fraction of sp³-hybridized carbons (Fsp3) is 0.125. The second-order valence-corrected chi connectivity index (χ2v) is 7.71. The number of hydrogen-bond acceptors (Lipinski definition) is 5. The van der Waals surface area contributed by atoms with Crippen LogP contribution in [0.4, 0.5) is 10.1 Å². The molecule has 4 aromatic rings. The molecule has 0 spiro atoms. The Morgan fingerprint density at radius 3 is 2.59 bits per heavy atom. The Kier molecular flexibility index (Phi) is 6.51. The molecule has 6 nitrogen and oxygen atoms in total. The van der Waals surface area contributed by atoms with Crippen molar-refractivity contribution < 1.29 is 13.9 Å². The van der Waals surface area contributed by atoms with Gasteiger partial charge in [-0.25, -0.2) is 9.37 Å². The molecule has 1 heterocycles. The van der Waals surface area contributed by atoms with Crippen LogP contribution in [0.15, 0.2) is 82.7 Å². The van der Waals surface area contributed by atoms with Crippen LogP contribution < -0.4 is 15.6 Å². The lowest BCUT2D eigenvalue weighted by atomic mass is 10.2. The first-order valence-electron chi connectivity index (χ1n) is 9.99. The molecule has 0 saturated carbocycles. The fourth-order valence-electron chi connectivity index (χ4n) is 3.22. The van der Waals surface area contributed by atoms with E-state index >= 15 is 0 Å². The summed E-state index contributed by atoms with van der Waals surface area (Å²) in [6, 6.07) is 20.0. The van der Waals surface area contributed by atoms with Crippen molar-refractivity contribution in [3.63, 3.8) is 0 Å². The molecule has 4 rings (SSSR count). The van der Waals surface area contributed by atoms with Gasteiger partial charge in [-0.15, -0.1) is 0 Å². The molecule has 162 valence electrons. The van der Waals surface area contributed by atoms with Crippen molar-refractivity contribution in [3.8, 4) is 11.4 Å². The molecule has 1 aromatic heterocycles. The van der Waals surface area contributed by atoms with Gasteiger partial charge < -0.3 is 10.1 Å². The third kappa shape index (κ3) is 4.50. The van der Waals surface area contributed by atoms with Crippen molar-refractivity contribution in [1.29, 1.82) is 0 Å². The molecule has 0 aliphatic rings. The minimum absolute atomic E-state index is 0.0281. The lowest BCUT2D eigenvalue weighted by Gasteiger charge is -2.14. The molecule has 0 aliphatic carbocycles. The number of thioether (sulfide) groups is 1. The van der Waals surface area contributed by atoms with Crippen LogP contribution in [0.25, 0.3) is 16.6 Å². The summed E-state index contributed by atoms with van der Waals surface area (Å²) < 4.78 is 21.3. The zero-order valence-electron chi connectivity index (χ0n) is 17.2. The summed E-state index contributed by atoms with van der Waals surface area (Å²) in [6.45, 7) is 2.33. The first-order valence-corrected chi connectivity index (χ1v) is 11.0. The van der Waals surface area contributed by atoms with E-state index in [-0.39, 0.29) is 22.5 Å². The Morgan fingerprint density at radius 2 is 1.78 bits per heavy atom. The zero-order chi connectivity index (χ0) is 22.5. The summed E-state index contributed by atoms with van der Waals surface area (Å²) in [5.41, 5.74) is 0.721. The van der Waals surface area contributed by atoms with E-state index < -0.39 is 11.4 Å². The summed E-state index contributed by atoms with van der Waals surface area (Å²) in [5.74, 6) is -0.312. The van der Waals surface area contributed by atoms with Crippen LogP contribution >= 0.6 is 11.8 Å². The van der Waals surface area contributed by atoms with E-state index in [2.05, 4.69) is 10.3 Å². The van der Waals surface area contributed by atoms with Gasteiger partial charge in [0.2, 0.25) is 5.91 Å². The second kappa shape index (κ2) is 9.65. The molecule has 32 heavy (non-hydrogen) atoms. The van der Waals surface area contributed by atoms with Gasteiger partial charge in [-0.3, -0.25) is 14.2 Å². The van der Waals surface area contributed by atoms with Crippen LogP contribution in [0.5, 0.6) is 5.75 Å². The Labute approximate surface area is 188 Å². The number of fused-ring (bicyclic) bond motifs is 1. The number of nitrogens with zero attached hydrogens (tertiary/aromatic N) is 2. The summed E-state index contributed by atoms with van der Waals surface area (Å²) in [5, 5.41) is 3.41. The monoisotopic (exact) mass is 449 g/mol. The number of aromatic nitrogens is 2. The normalized spacial score (nSPS) is 10.8. The summed E-state index contributed by atoms with van der Waals surface area (Å²) in [7, 11) is 0. The van der Waals surface area contributed by atoms with Crippen LogP contribution in [0, 0.1) is 5.82 Å². The SMILES string of the molecule is CCOc1ccccc1NC(=O)CSc1nc2ccccc2c(=O)n1-c1ccccc1F. The van der Waals surface area contributed by atoms with Gasteiger partial charge in [-0.1, -0.05) is 48.2 Å². The smallest absolute Gasteiger partial charge is 0.266 e. The molecule has 0 radical (unpaired) electrons. The van der Waals surface area contributed by atoms with E-state index in [1.807, 2.05) is 13.0 Å². The number of benzene rings is 3. The van der Waals surface area contributed by atoms with E-state index in [0.29, 0.717) is 28.9 Å². The molecule has 0 saturated heterocycles. The van der Waals surface area contributed by atoms with Crippen molar-refractivity contribution in [2.24, 2.45) is 0 Å². The highest BCUT2D eigenvalue weighted by atomic mass is 32.2. The van der Waals surface area contributed by atoms with Gasteiger partial charge in [-0.05, 0) is 43.3 Å². The van der Waals surface area contributed by atoms with Crippen molar-refractivity contribution >= 4 is 34.3 Å². The molecular weight excluding hydrogens is 429 g/mol. The maximum atomic E-state index is 14.5. The Morgan fingerprint density at radius 1 is 1.06 bits per heavy atom. The molecule has 1 N–H and O–H groups in total. The molecule has 3 aromatic carbocycles. The van der Waals surface area contributed by atoms with Gasteiger partial charge in [0.15, 0.2) is 5.16 Å². The van der Waals surface area contributed by atoms with E-state index in [1.165, 1.54) is 16.7 Å². The first-order chi connectivity index (χ1) is 15.6.